The van der Waals surface area contributed by atoms with Gasteiger partial charge >= 0.3 is 12.0 Å². The summed E-state index contributed by atoms with van der Waals surface area (Å²) in [5.41, 5.74) is 1.33. The summed E-state index contributed by atoms with van der Waals surface area (Å²) in [6, 6.07) is 0.0458. The lowest BCUT2D eigenvalue weighted by Crippen LogP contribution is -2.37. The quantitative estimate of drug-likeness (QED) is 0.848. The second kappa shape index (κ2) is 6.28. The van der Waals surface area contributed by atoms with Crippen molar-refractivity contribution < 1.29 is 9.21 Å². The van der Waals surface area contributed by atoms with Crippen molar-refractivity contribution in [2.75, 3.05) is 18.4 Å². The van der Waals surface area contributed by atoms with Gasteiger partial charge in [-0.05, 0) is 26.2 Å². The molecule has 0 bridgehead atoms. The minimum Gasteiger partial charge on any atom is -0.408 e. The highest BCUT2D eigenvalue weighted by Gasteiger charge is 2.23. The molecule has 0 aromatic carbocycles. The average Bonchev–Trinajstić information content (AvgIpc) is 2.97. The monoisotopic (exact) mass is 290 g/mol. The molecule has 21 heavy (non-hydrogen) atoms. The fourth-order valence-corrected chi connectivity index (χ4v) is 2.93. The summed E-state index contributed by atoms with van der Waals surface area (Å²) in [6.07, 6.45) is 8.92. The largest absolute Gasteiger partial charge is 0.408 e. The van der Waals surface area contributed by atoms with Gasteiger partial charge in [0.2, 0.25) is 5.89 Å². The van der Waals surface area contributed by atoms with Crippen molar-refractivity contribution in [3.63, 3.8) is 0 Å². The van der Waals surface area contributed by atoms with E-state index >= 15 is 0 Å². The Bertz CT molecular complexity index is 532. The van der Waals surface area contributed by atoms with Gasteiger partial charge in [0.1, 0.15) is 0 Å². The number of nitrogens with one attached hydrogen (secondary N) is 1. The Morgan fingerprint density at radius 3 is 2.86 bits per heavy atom. The van der Waals surface area contributed by atoms with Gasteiger partial charge in [-0.3, -0.25) is 5.32 Å². The molecule has 1 saturated carbocycles. The van der Waals surface area contributed by atoms with Crippen LogP contribution in [0.5, 0.6) is 0 Å². The van der Waals surface area contributed by atoms with Gasteiger partial charge in [-0.1, -0.05) is 36.0 Å². The fraction of sp³-hybridized carbons (Fsp3) is 0.667. The molecule has 3 rings (SSSR count). The Kier molecular flexibility index (Phi) is 4.22. The van der Waals surface area contributed by atoms with Gasteiger partial charge in [-0.25, -0.2) is 4.79 Å². The molecule has 1 aromatic heterocycles. The van der Waals surface area contributed by atoms with E-state index in [-0.39, 0.29) is 12.0 Å². The summed E-state index contributed by atoms with van der Waals surface area (Å²) in [7, 11) is 0. The topological polar surface area (TPSA) is 71.3 Å². The zero-order chi connectivity index (χ0) is 14.7. The van der Waals surface area contributed by atoms with Crippen molar-refractivity contribution in [2.45, 2.75) is 51.4 Å². The summed E-state index contributed by atoms with van der Waals surface area (Å²) < 4.78 is 5.61. The van der Waals surface area contributed by atoms with E-state index in [0.717, 1.165) is 25.8 Å². The molecule has 1 N–H and O–H groups in total. The van der Waals surface area contributed by atoms with Crippen molar-refractivity contribution >= 4 is 12.0 Å². The van der Waals surface area contributed by atoms with Crippen LogP contribution in [0.4, 0.5) is 10.8 Å². The van der Waals surface area contributed by atoms with Crippen LogP contribution in [0.15, 0.2) is 16.1 Å². The Hall–Kier alpha value is -1.85. The summed E-state index contributed by atoms with van der Waals surface area (Å²) >= 11 is 0. The van der Waals surface area contributed by atoms with E-state index in [0.29, 0.717) is 18.4 Å². The Morgan fingerprint density at radius 1 is 1.33 bits per heavy atom. The van der Waals surface area contributed by atoms with Gasteiger partial charge in [0.25, 0.3) is 0 Å². The number of carbonyl (C=O) groups is 1. The van der Waals surface area contributed by atoms with Crippen LogP contribution in [0.2, 0.25) is 0 Å². The number of urea groups is 1. The van der Waals surface area contributed by atoms with E-state index in [2.05, 4.69) is 28.5 Å². The van der Waals surface area contributed by atoms with Crippen molar-refractivity contribution in [1.29, 1.82) is 0 Å². The lowest BCUT2D eigenvalue weighted by atomic mass is 9.89. The van der Waals surface area contributed by atoms with Crippen molar-refractivity contribution in [2.24, 2.45) is 0 Å². The normalized spacial score (nSPS) is 20.2. The van der Waals surface area contributed by atoms with Gasteiger partial charge < -0.3 is 9.32 Å². The third-order valence-corrected chi connectivity index (χ3v) is 4.33. The lowest BCUT2D eigenvalue weighted by Gasteiger charge is -2.24. The summed E-state index contributed by atoms with van der Waals surface area (Å²) in [6.45, 7) is 3.46. The van der Waals surface area contributed by atoms with Crippen LogP contribution in [-0.4, -0.2) is 34.2 Å². The smallest absolute Gasteiger partial charge is 0.325 e. The third kappa shape index (κ3) is 3.43. The molecule has 2 amide bonds. The van der Waals surface area contributed by atoms with E-state index in [1.807, 2.05) is 0 Å². The van der Waals surface area contributed by atoms with E-state index < -0.39 is 0 Å². The second-order valence-electron chi connectivity index (χ2n) is 5.96. The maximum Gasteiger partial charge on any atom is 0.325 e. The highest BCUT2D eigenvalue weighted by molar-refractivity contribution is 5.87. The maximum atomic E-state index is 12.1. The van der Waals surface area contributed by atoms with Crippen LogP contribution >= 0.6 is 0 Å². The number of amides is 2. The summed E-state index contributed by atoms with van der Waals surface area (Å²) in [5, 5.41) is 10.7. The van der Waals surface area contributed by atoms with Crippen molar-refractivity contribution in [3.05, 3.63) is 17.5 Å². The predicted octanol–water partition coefficient (Wildman–Crippen LogP) is 3.30. The number of rotatable bonds is 2. The first-order chi connectivity index (χ1) is 10.2. The van der Waals surface area contributed by atoms with Crippen LogP contribution in [-0.2, 0) is 0 Å². The van der Waals surface area contributed by atoms with Crippen LogP contribution < -0.4 is 5.32 Å². The number of nitrogens with zero attached hydrogens (tertiary/aromatic N) is 3. The molecular formula is C15H22N4O2. The summed E-state index contributed by atoms with van der Waals surface area (Å²) in [4.78, 5) is 13.9. The SMILES string of the molecule is CC1=CCN(C(=O)Nc2nnc(C3CCCCC3)o2)CC1. The van der Waals surface area contributed by atoms with Crippen LogP contribution in [0, 0.1) is 0 Å². The van der Waals surface area contributed by atoms with Crippen molar-refractivity contribution in [1.82, 2.24) is 15.1 Å². The van der Waals surface area contributed by atoms with E-state index in [9.17, 15) is 4.79 Å². The highest BCUT2D eigenvalue weighted by atomic mass is 16.4. The number of carbonyl (C=O) groups excluding carboxylic acids is 1. The molecule has 0 radical (unpaired) electrons. The molecule has 1 aliphatic heterocycles. The van der Waals surface area contributed by atoms with E-state index in [4.69, 9.17) is 4.42 Å². The van der Waals surface area contributed by atoms with Gasteiger partial charge in [-0.15, -0.1) is 5.10 Å². The van der Waals surface area contributed by atoms with Crippen LogP contribution in [0.25, 0.3) is 0 Å². The minimum atomic E-state index is -0.169. The molecule has 0 saturated heterocycles. The Balaban J connectivity index is 1.58. The van der Waals surface area contributed by atoms with E-state index in [1.54, 1.807) is 4.90 Å². The first-order valence-corrected chi connectivity index (χ1v) is 7.77. The molecule has 2 aliphatic rings. The molecule has 114 valence electrons. The number of aromatic nitrogens is 2. The highest BCUT2D eigenvalue weighted by Crippen LogP contribution is 2.32. The van der Waals surface area contributed by atoms with Crippen LogP contribution in [0.3, 0.4) is 0 Å². The summed E-state index contributed by atoms with van der Waals surface area (Å²) in [5.74, 6) is 1.02. The third-order valence-electron chi connectivity index (χ3n) is 4.33. The molecule has 0 unspecified atom stereocenters. The van der Waals surface area contributed by atoms with Gasteiger partial charge in [0.05, 0.1) is 0 Å². The fourth-order valence-electron chi connectivity index (χ4n) is 2.93. The number of anilines is 1. The Morgan fingerprint density at radius 2 is 2.14 bits per heavy atom. The molecular weight excluding hydrogens is 268 g/mol. The molecule has 1 aliphatic carbocycles. The average molecular weight is 290 g/mol. The zero-order valence-electron chi connectivity index (χ0n) is 12.5. The van der Waals surface area contributed by atoms with E-state index in [1.165, 1.54) is 24.8 Å². The lowest BCUT2D eigenvalue weighted by molar-refractivity contribution is 0.214. The molecule has 0 atom stereocenters. The zero-order valence-corrected chi connectivity index (χ0v) is 12.5. The first-order valence-electron chi connectivity index (χ1n) is 7.77. The minimum absolute atomic E-state index is 0.169. The first kappa shape index (κ1) is 14.1. The molecule has 0 spiro atoms. The molecule has 6 heteroatoms. The Labute approximate surface area is 124 Å². The number of hydrogen-bond acceptors (Lipinski definition) is 4. The van der Waals surface area contributed by atoms with Crippen LogP contribution in [0.1, 0.15) is 57.3 Å². The van der Waals surface area contributed by atoms with Gasteiger partial charge in [-0.2, -0.15) is 0 Å². The molecule has 1 fully saturated rings. The standard InChI is InChI=1S/C15H22N4O2/c1-11-7-9-19(10-8-11)15(20)16-14-18-17-13(21-14)12-5-3-2-4-6-12/h7,12H,2-6,8-10H2,1H3,(H,16,18,20). The van der Waals surface area contributed by atoms with Gasteiger partial charge in [0, 0.05) is 19.0 Å². The maximum absolute atomic E-state index is 12.1. The second-order valence-corrected chi connectivity index (χ2v) is 5.96. The number of hydrogen-bond donors (Lipinski definition) is 1. The molecule has 2 heterocycles. The molecule has 6 nitrogen and oxygen atoms in total. The van der Waals surface area contributed by atoms with Gasteiger partial charge in [0.15, 0.2) is 0 Å². The van der Waals surface area contributed by atoms with Crippen molar-refractivity contribution in [3.8, 4) is 0 Å². The predicted molar refractivity (Wildman–Crippen MR) is 79.1 cm³/mol. The molecule has 1 aromatic rings.